The number of anilines is 2. The molecule has 2 fully saturated rings. The van der Waals surface area contributed by atoms with Crippen LogP contribution in [0.1, 0.15) is 26.2 Å². The summed E-state index contributed by atoms with van der Waals surface area (Å²) in [5, 5.41) is 2.85. The molecule has 0 bridgehead atoms. The van der Waals surface area contributed by atoms with Crippen molar-refractivity contribution in [3.63, 3.8) is 0 Å². The quantitative estimate of drug-likeness (QED) is 0.930. The van der Waals surface area contributed by atoms with E-state index < -0.39 is 0 Å². The summed E-state index contributed by atoms with van der Waals surface area (Å²) >= 11 is 0. The minimum absolute atomic E-state index is 0.0790. The number of carbonyl (C=O) groups excluding carboxylic acids is 1. The van der Waals surface area contributed by atoms with Crippen molar-refractivity contribution in [1.29, 1.82) is 0 Å². The number of urea groups is 1. The molecule has 0 aromatic heterocycles. The van der Waals surface area contributed by atoms with E-state index in [-0.39, 0.29) is 17.9 Å². The standard InChI is InChI=1S/C17H24FN3O2/c1-2-15-12-23-8-7-21(15)17(22)19-14-9-13(18)10-16(11-14)20-5-3-4-6-20/h9-11,15H,2-8,12H2,1H3,(H,19,22)/t15-/m1/s1. The summed E-state index contributed by atoms with van der Waals surface area (Å²) in [7, 11) is 0. The van der Waals surface area contributed by atoms with E-state index in [2.05, 4.69) is 10.2 Å². The van der Waals surface area contributed by atoms with Gasteiger partial charge < -0.3 is 19.9 Å². The summed E-state index contributed by atoms with van der Waals surface area (Å²) < 4.78 is 19.3. The Hall–Kier alpha value is -1.82. The molecule has 0 saturated carbocycles. The van der Waals surface area contributed by atoms with Crippen LogP contribution in [0.15, 0.2) is 18.2 Å². The van der Waals surface area contributed by atoms with Crippen molar-refractivity contribution in [2.24, 2.45) is 0 Å². The van der Waals surface area contributed by atoms with Crippen molar-refractivity contribution in [3.8, 4) is 0 Å². The number of rotatable bonds is 3. The molecule has 0 radical (unpaired) electrons. The van der Waals surface area contributed by atoms with Crippen LogP contribution in [0.2, 0.25) is 0 Å². The van der Waals surface area contributed by atoms with Crippen molar-refractivity contribution in [2.75, 3.05) is 43.1 Å². The molecule has 5 nitrogen and oxygen atoms in total. The summed E-state index contributed by atoms with van der Waals surface area (Å²) in [5.41, 5.74) is 1.35. The molecule has 0 unspecified atom stereocenters. The Balaban J connectivity index is 1.72. The number of halogens is 1. The smallest absolute Gasteiger partial charge is 0.322 e. The molecule has 2 aliphatic heterocycles. The lowest BCUT2D eigenvalue weighted by atomic mass is 10.2. The van der Waals surface area contributed by atoms with Crippen LogP contribution in [0.5, 0.6) is 0 Å². The highest BCUT2D eigenvalue weighted by Gasteiger charge is 2.26. The molecule has 23 heavy (non-hydrogen) atoms. The number of benzene rings is 1. The molecule has 0 aliphatic carbocycles. The van der Waals surface area contributed by atoms with Crippen LogP contribution in [-0.4, -0.2) is 49.8 Å². The van der Waals surface area contributed by atoms with Gasteiger partial charge >= 0.3 is 6.03 Å². The zero-order valence-corrected chi connectivity index (χ0v) is 13.6. The van der Waals surface area contributed by atoms with E-state index in [1.807, 2.05) is 13.0 Å². The Morgan fingerprint density at radius 3 is 2.83 bits per heavy atom. The van der Waals surface area contributed by atoms with Gasteiger partial charge in [0.05, 0.1) is 19.3 Å². The number of nitrogens with zero attached hydrogens (tertiary/aromatic N) is 2. The second kappa shape index (κ2) is 7.17. The molecule has 6 heteroatoms. The Morgan fingerprint density at radius 2 is 2.09 bits per heavy atom. The van der Waals surface area contributed by atoms with Crippen molar-refractivity contribution in [3.05, 3.63) is 24.0 Å². The zero-order valence-electron chi connectivity index (χ0n) is 13.6. The zero-order chi connectivity index (χ0) is 16.2. The van der Waals surface area contributed by atoms with Crippen LogP contribution >= 0.6 is 0 Å². The normalized spacial score (nSPS) is 21.6. The highest BCUT2D eigenvalue weighted by molar-refractivity contribution is 5.90. The van der Waals surface area contributed by atoms with Gasteiger partial charge in [0.1, 0.15) is 5.82 Å². The van der Waals surface area contributed by atoms with Crippen LogP contribution in [0.4, 0.5) is 20.6 Å². The minimum Gasteiger partial charge on any atom is -0.377 e. The number of hydrogen-bond donors (Lipinski definition) is 1. The second-order valence-corrected chi connectivity index (χ2v) is 6.15. The number of ether oxygens (including phenoxy) is 1. The predicted octanol–water partition coefficient (Wildman–Crippen LogP) is 3.07. The first-order valence-electron chi connectivity index (χ1n) is 8.38. The number of nitrogens with one attached hydrogen (secondary N) is 1. The van der Waals surface area contributed by atoms with E-state index in [4.69, 9.17) is 4.74 Å². The third-order valence-electron chi connectivity index (χ3n) is 4.56. The summed E-state index contributed by atoms with van der Waals surface area (Å²) in [6.07, 6.45) is 3.10. The summed E-state index contributed by atoms with van der Waals surface area (Å²) in [6, 6.07) is 4.66. The van der Waals surface area contributed by atoms with E-state index in [9.17, 15) is 9.18 Å². The van der Waals surface area contributed by atoms with Crippen LogP contribution in [0, 0.1) is 5.82 Å². The lowest BCUT2D eigenvalue weighted by Crippen LogP contribution is -2.50. The maximum Gasteiger partial charge on any atom is 0.322 e. The van der Waals surface area contributed by atoms with Crippen LogP contribution < -0.4 is 10.2 Å². The lowest BCUT2D eigenvalue weighted by Gasteiger charge is -2.35. The molecule has 3 rings (SSSR count). The minimum atomic E-state index is -0.321. The molecule has 2 heterocycles. The lowest BCUT2D eigenvalue weighted by molar-refractivity contribution is 0.0144. The summed E-state index contributed by atoms with van der Waals surface area (Å²) in [6.45, 7) is 5.60. The Bertz CT molecular complexity index is 561. The largest absolute Gasteiger partial charge is 0.377 e. The average molecular weight is 321 g/mol. The van der Waals surface area contributed by atoms with Gasteiger partial charge in [0.2, 0.25) is 0 Å². The molecule has 1 aromatic rings. The maximum atomic E-state index is 13.9. The Morgan fingerprint density at radius 1 is 1.30 bits per heavy atom. The first kappa shape index (κ1) is 16.1. The Labute approximate surface area is 136 Å². The predicted molar refractivity (Wildman–Crippen MR) is 88.5 cm³/mol. The number of carbonyl (C=O) groups is 1. The molecule has 1 atom stereocenters. The average Bonchev–Trinajstić information content (AvgIpc) is 3.08. The molecule has 2 saturated heterocycles. The topological polar surface area (TPSA) is 44.8 Å². The summed E-state index contributed by atoms with van der Waals surface area (Å²) in [5.74, 6) is -0.321. The van der Waals surface area contributed by atoms with Crippen molar-refractivity contribution < 1.29 is 13.9 Å². The van der Waals surface area contributed by atoms with E-state index in [1.54, 1.807) is 4.90 Å². The molecule has 2 amide bonds. The van der Waals surface area contributed by atoms with Gasteiger partial charge in [-0.05, 0) is 37.5 Å². The van der Waals surface area contributed by atoms with Gasteiger partial charge in [-0.15, -0.1) is 0 Å². The van der Waals surface area contributed by atoms with Crippen molar-refractivity contribution >= 4 is 17.4 Å². The molecule has 1 N–H and O–H groups in total. The number of hydrogen-bond acceptors (Lipinski definition) is 3. The third kappa shape index (κ3) is 3.75. The highest BCUT2D eigenvalue weighted by Crippen LogP contribution is 2.25. The van der Waals surface area contributed by atoms with Crippen molar-refractivity contribution in [1.82, 2.24) is 4.90 Å². The maximum absolute atomic E-state index is 13.9. The second-order valence-electron chi connectivity index (χ2n) is 6.15. The number of morpholine rings is 1. The fraction of sp³-hybridized carbons (Fsp3) is 0.588. The van der Waals surface area contributed by atoms with Crippen LogP contribution in [0.3, 0.4) is 0 Å². The highest BCUT2D eigenvalue weighted by atomic mass is 19.1. The first-order chi connectivity index (χ1) is 11.2. The van der Waals surface area contributed by atoms with E-state index >= 15 is 0 Å². The monoisotopic (exact) mass is 321 g/mol. The molecular weight excluding hydrogens is 297 g/mol. The van der Waals surface area contributed by atoms with Gasteiger partial charge in [-0.3, -0.25) is 0 Å². The van der Waals surface area contributed by atoms with Gasteiger partial charge in [-0.2, -0.15) is 0 Å². The van der Waals surface area contributed by atoms with E-state index in [0.717, 1.165) is 38.0 Å². The van der Waals surface area contributed by atoms with Crippen LogP contribution in [0.25, 0.3) is 0 Å². The fourth-order valence-corrected chi connectivity index (χ4v) is 3.26. The molecule has 2 aliphatic rings. The van der Waals surface area contributed by atoms with E-state index in [1.165, 1.54) is 12.1 Å². The molecular formula is C17H24FN3O2. The molecule has 126 valence electrons. The van der Waals surface area contributed by atoms with Crippen molar-refractivity contribution in [2.45, 2.75) is 32.2 Å². The van der Waals surface area contributed by atoms with E-state index in [0.29, 0.717) is 25.4 Å². The fourth-order valence-electron chi connectivity index (χ4n) is 3.26. The van der Waals surface area contributed by atoms with Crippen LogP contribution in [-0.2, 0) is 4.74 Å². The molecule has 0 spiro atoms. The Kier molecular flexibility index (Phi) is 5.00. The first-order valence-corrected chi connectivity index (χ1v) is 8.38. The van der Waals surface area contributed by atoms with Gasteiger partial charge in [-0.25, -0.2) is 9.18 Å². The van der Waals surface area contributed by atoms with Gasteiger partial charge in [0, 0.05) is 31.0 Å². The van der Waals surface area contributed by atoms with Gasteiger partial charge in [-0.1, -0.05) is 6.92 Å². The molecule has 1 aromatic carbocycles. The number of amides is 2. The third-order valence-corrected chi connectivity index (χ3v) is 4.56. The summed E-state index contributed by atoms with van der Waals surface area (Å²) in [4.78, 5) is 16.4. The van der Waals surface area contributed by atoms with Gasteiger partial charge in [0.25, 0.3) is 0 Å². The van der Waals surface area contributed by atoms with Gasteiger partial charge in [0.15, 0.2) is 0 Å². The SMILES string of the molecule is CC[C@@H]1COCCN1C(=O)Nc1cc(F)cc(N2CCCC2)c1.